The van der Waals surface area contributed by atoms with Gasteiger partial charge in [0.15, 0.2) is 9.84 Å². The van der Waals surface area contributed by atoms with E-state index in [1.165, 1.54) is 18.2 Å². The number of benzene rings is 2. The summed E-state index contributed by atoms with van der Waals surface area (Å²) in [7, 11) is -3.73. The normalized spacial score (nSPS) is 11.0. The van der Waals surface area contributed by atoms with E-state index >= 15 is 0 Å². The summed E-state index contributed by atoms with van der Waals surface area (Å²) in [5, 5.41) is 2.20. The zero-order chi connectivity index (χ0) is 16.9. The molecule has 0 heterocycles. The monoisotopic (exact) mass is 335 g/mol. The number of ether oxygens (including phenoxy) is 1. The van der Waals surface area contributed by atoms with Gasteiger partial charge in [-0.2, -0.15) is 0 Å². The summed E-state index contributed by atoms with van der Waals surface area (Å²) in [5.74, 6) is -0.593. The number of rotatable bonds is 5. The number of carbonyl (C=O) groups excluding carboxylic acids is 1. The molecule has 0 saturated heterocycles. The number of sulfone groups is 1. The number of nitrogens with one attached hydrogen (secondary N) is 1. The maximum absolute atomic E-state index is 12.1. The smallest absolute Gasteiger partial charge is 0.408 e. The van der Waals surface area contributed by atoms with Gasteiger partial charge >= 0.3 is 6.09 Å². The van der Waals surface area contributed by atoms with Gasteiger partial charge in [-0.05, 0) is 23.8 Å². The van der Waals surface area contributed by atoms with Crippen molar-refractivity contribution in [2.24, 2.45) is 0 Å². The zero-order valence-electron chi connectivity index (χ0n) is 12.2. The van der Waals surface area contributed by atoms with Gasteiger partial charge in [-0.3, -0.25) is 0 Å². The maximum atomic E-state index is 12.1. The van der Waals surface area contributed by atoms with Crippen molar-refractivity contribution >= 4 is 27.3 Å². The lowest BCUT2D eigenvalue weighted by molar-refractivity contribution is 0.141. The van der Waals surface area contributed by atoms with Crippen molar-refractivity contribution in [2.45, 2.75) is 11.5 Å². The first-order valence-corrected chi connectivity index (χ1v) is 8.36. The molecule has 0 saturated carbocycles. The second-order valence-electron chi connectivity index (χ2n) is 4.79. The van der Waals surface area contributed by atoms with E-state index in [9.17, 15) is 13.2 Å². The molecule has 0 aliphatic rings. The van der Waals surface area contributed by atoms with Gasteiger partial charge in [-0.25, -0.2) is 13.2 Å². The van der Waals surface area contributed by atoms with E-state index in [1.54, 1.807) is 12.1 Å². The topological polar surface area (TPSA) is 125 Å². The summed E-state index contributed by atoms with van der Waals surface area (Å²) in [6, 6.07) is 13.0. The molecular formula is C15H17N3O4S. The fourth-order valence-corrected chi connectivity index (χ4v) is 2.81. The molecule has 0 aliphatic carbocycles. The molecule has 5 N–H and O–H groups in total. The minimum atomic E-state index is -3.73. The Morgan fingerprint density at radius 2 is 1.74 bits per heavy atom. The van der Waals surface area contributed by atoms with Gasteiger partial charge in [0.1, 0.15) is 12.5 Å². The highest BCUT2D eigenvalue weighted by atomic mass is 32.2. The number of hydrogen-bond donors (Lipinski definition) is 3. The van der Waals surface area contributed by atoms with Crippen LogP contribution < -0.4 is 16.8 Å². The third-order valence-corrected chi connectivity index (χ3v) is 4.53. The molecule has 0 aliphatic heterocycles. The quantitative estimate of drug-likeness (QED) is 0.711. The van der Waals surface area contributed by atoms with E-state index < -0.39 is 21.8 Å². The zero-order valence-corrected chi connectivity index (χ0v) is 13.0. The highest BCUT2D eigenvalue weighted by molar-refractivity contribution is 7.91. The number of nitrogens with two attached hydrogens (primary N) is 2. The average molecular weight is 335 g/mol. The molecule has 7 nitrogen and oxygen atoms in total. The van der Waals surface area contributed by atoms with Gasteiger partial charge in [-0.15, -0.1) is 0 Å². The van der Waals surface area contributed by atoms with Crippen LogP contribution in [0.4, 0.5) is 16.2 Å². The lowest BCUT2D eigenvalue weighted by atomic mass is 10.2. The Kier molecular flexibility index (Phi) is 5.07. The van der Waals surface area contributed by atoms with Crippen LogP contribution >= 0.6 is 0 Å². The lowest BCUT2D eigenvalue weighted by Crippen LogP contribution is -2.30. The van der Waals surface area contributed by atoms with Crippen molar-refractivity contribution in [3.05, 3.63) is 54.1 Å². The molecule has 2 rings (SSSR count). The molecule has 0 radical (unpaired) electrons. The van der Waals surface area contributed by atoms with E-state index in [0.29, 0.717) is 5.69 Å². The number of nitrogen functional groups attached to an aromatic ring is 2. The fourth-order valence-electron chi connectivity index (χ4n) is 1.76. The van der Waals surface area contributed by atoms with Crippen LogP contribution in [-0.4, -0.2) is 20.4 Å². The number of amides is 1. The molecule has 0 aromatic heterocycles. The van der Waals surface area contributed by atoms with Gasteiger partial charge in [-0.1, -0.05) is 30.3 Å². The van der Waals surface area contributed by atoms with E-state index in [4.69, 9.17) is 16.2 Å². The van der Waals surface area contributed by atoms with Crippen LogP contribution in [0.5, 0.6) is 0 Å². The van der Waals surface area contributed by atoms with Crippen molar-refractivity contribution < 1.29 is 17.9 Å². The summed E-state index contributed by atoms with van der Waals surface area (Å²) in [5.41, 5.74) is 12.4. The SMILES string of the molecule is Nc1ccc(S(=O)(=O)CNC(=O)OCc2ccccc2)cc1N. The van der Waals surface area contributed by atoms with Gasteiger partial charge in [0.25, 0.3) is 0 Å². The standard InChI is InChI=1S/C15H17N3O4S/c16-13-7-6-12(8-14(13)17)23(20,21)10-18-15(19)22-9-11-4-2-1-3-5-11/h1-8H,9-10,16-17H2,(H,18,19). The molecule has 2 aromatic carbocycles. The number of hydrogen-bond acceptors (Lipinski definition) is 6. The third kappa shape index (κ3) is 4.62. The lowest BCUT2D eigenvalue weighted by Gasteiger charge is -2.09. The van der Waals surface area contributed by atoms with Crippen LogP contribution in [0.3, 0.4) is 0 Å². The Bertz CT molecular complexity index is 792. The van der Waals surface area contributed by atoms with E-state index in [0.717, 1.165) is 5.56 Å². The van der Waals surface area contributed by atoms with Crippen LogP contribution in [-0.2, 0) is 21.2 Å². The molecule has 0 atom stereocenters. The van der Waals surface area contributed by atoms with Gasteiger partial charge in [0, 0.05) is 0 Å². The van der Waals surface area contributed by atoms with Gasteiger partial charge in [0.05, 0.1) is 16.3 Å². The average Bonchev–Trinajstić information content (AvgIpc) is 2.54. The largest absolute Gasteiger partial charge is 0.445 e. The Labute approximate surface area is 134 Å². The van der Waals surface area contributed by atoms with Crippen molar-refractivity contribution in [1.82, 2.24) is 5.32 Å². The van der Waals surface area contributed by atoms with E-state index in [2.05, 4.69) is 5.32 Å². The van der Waals surface area contributed by atoms with Gasteiger partial charge < -0.3 is 21.5 Å². The number of anilines is 2. The Morgan fingerprint density at radius 3 is 2.39 bits per heavy atom. The molecule has 8 heteroatoms. The Hall–Kier alpha value is -2.74. The first-order valence-electron chi connectivity index (χ1n) is 6.71. The Morgan fingerprint density at radius 1 is 1.04 bits per heavy atom. The van der Waals surface area contributed by atoms with Crippen molar-refractivity contribution in [3.63, 3.8) is 0 Å². The predicted molar refractivity (Wildman–Crippen MR) is 87.1 cm³/mol. The van der Waals surface area contributed by atoms with E-state index in [1.807, 2.05) is 18.2 Å². The molecule has 0 bridgehead atoms. The maximum Gasteiger partial charge on any atom is 0.408 e. The van der Waals surface area contributed by atoms with Crippen LogP contribution in [0.25, 0.3) is 0 Å². The number of carbonyl (C=O) groups is 1. The molecule has 0 unspecified atom stereocenters. The van der Waals surface area contributed by atoms with Crippen LogP contribution in [0.15, 0.2) is 53.4 Å². The fraction of sp³-hybridized carbons (Fsp3) is 0.133. The van der Waals surface area contributed by atoms with Crippen LogP contribution in [0.1, 0.15) is 5.56 Å². The summed E-state index contributed by atoms with van der Waals surface area (Å²) >= 11 is 0. The summed E-state index contributed by atoms with van der Waals surface area (Å²) < 4.78 is 29.2. The van der Waals surface area contributed by atoms with E-state index in [-0.39, 0.29) is 17.2 Å². The second-order valence-corrected chi connectivity index (χ2v) is 6.78. The molecule has 122 valence electrons. The summed E-state index contributed by atoms with van der Waals surface area (Å²) in [4.78, 5) is 11.6. The minimum absolute atomic E-state index is 0.0208. The van der Waals surface area contributed by atoms with Crippen molar-refractivity contribution in [3.8, 4) is 0 Å². The third-order valence-electron chi connectivity index (χ3n) is 3.04. The van der Waals surface area contributed by atoms with Crippen LogP contribution in [0.2, 0.25) is 0 Å². The van der Waals surface area contributed by atoms with Crippen LogP contribution in [0, 0.1) is 0 Å². The highest BCUT2D eigenvalue weighted by Gasteiger charge is 2.17. The number of alkyl carbamates (subject to hydrolysis) is 1. The molecular weight excluding hydrogens is 318 g/mol. The molecule has 2 aromatic rings. The molecule has 1 amide bonds. The van der Waals surface area contributed by atoms with Crippen molar-refractivity contribution in [2.75, 3.05) is 17.3 Å². The summed E-state index contributed by atoms with van der Waals surface area (Å²) in [6.07, 6.45) is -0.819. The molecule has 0 fully saturated rings. The predicted octanol–water partition coefficient (Wildman–Crippen LogP) is 1.51. The summed E-state index contributed by atoms with van der Waals surface area (Å²) in [6.45, 7) is 0.0571. The van der Waals surface area contributed by atoms with Gasteiger partial charge in [0.2, 0.25) is 0 Å². The van der Waals surface area contributed by atoms with Crippen molar-refractivity contribution in [1.29, 1.82) is 0 Å². The minimum Gasteiger partial charge on any atom is -0.445 e. The molecule has 0 spiro atoms. The highest BCUT2D eigenvalue weighted by Crippen LogP contribution is 2.20. The first-order chi connectivity index (χ1) is 10.9. The first kappa shape index (κ1) is 16.6. The Balaban J connectivity index is 1.91. The second kappa shape index (κ2) is 7.01. The molecule has 23 heavy (non-hydrogen) atoms.